The molecule has 1 aromatic carbocycles. The second-order valence-electron chi connectivity index (χ2n) is 3.85. The maximum atomic E-state index is 11.4. The number of amides is 1. The van der Waals surface area contributed by atoms with Crippen LogP contribution in [0.15, 0.2) is 30.3 Å². The Hall–Kier alpha value is -1.51. The molecule has 0 radical (unpaired) electrons. The Bertz CT molecular complexity index is 309. The van der Waals surface area contributed by atoms with Crippen molar-refractivity contribution >= 4 is 11.8 Å². The number of hydrogen-bond acceptors (Lipinski definition) is 2. The molecule has 1 unspecified atom stereocenters. The molecule has 0 spiro atoms. The molecule has 0 heterocycles. The van der Waals surface area contributed by atoms with Gasteiger partial charge in [0.05, 0.1) is 0 Å². The smallest absolute Gasteiger partial charge is 0.411 e. The van der Waals surface area contributed by atoms with Crippen LogP contribution in [-0.4, -0.2) is 12.2 Å². The summed E-state index contributed by atoms with van der Waals surface area (Å²) in [5.74, 6) is 0.325. The molecule has 0 saturated heterocycles. The van der Waals surface area contributed by atoms with Crippen molar-refractivity contribution < 1.29 is 9.53 Å². The maximum Gasteiger partial charge on any atom is 0.411 e. The highest BCUT2D eigenvalue weighted by Gasteiger charge is 2.12. The Labute approximate surface area is 90.4 Å². The Morgan fingerprint density at radius 1 is 1.20 bits per heavy atom. The first-order valence-corrected chi connectivity index (χ1v) is 5.12. The average molecular weight is 207 g/mol. The van der Waals surface area contributed by atoms with E-state index in [0.29, 0.717) is 5.92 Å². The zero-order valence-corrected chi connectivity index (χ0v) is 9.36. The molecule has 0 aliphatic rings. The molecule has 0 aromatic heterocycles. The van der Waals surface area contributed by atoms with Crippen molar-refractivity contribution in [2.24, 2.45) is 5.92 Å². The number of carbonyl (C=O) groups is 1. The monoisotopic (exact) mass is 207 g/mol. The zero-order valence-electron chi connectivity index (χ0n) is 9.36. The van der Waals surface area contributed by atoms with Gasteiger partial charge in [-0.1, -0.05) is 32.0 Å². The van der Waals surface area contributed by atoms with Crippen LogP contribution in [0.1, 0.15) is 20.8 Å². The molecule has 1 N–H and O–H groups in total. The molecule has 1 rings (SSSR count). The van der Waals surface area contributed by atoms with Crippen LogP contribution in [0.5, 0.6) is 0 Å². The van der Waals surface area contributed by atoms with Crippen LogP contribution < -0.4 is 5.32 Å². The van der Waals surface area contributed by atoms with Crippen LogP contribution in [0.25, 0.3) is 0 Å². The predicted octanol–water partition coefficient (Wildman–Crippen LogP) is 3.28. The van der Waals surface area contributed by atoms with E-state index in [1.165, 1.54) is 0 Å². The Morgan fingerprint density at radius 2 is 1.80 bits per heavy atom. The summed E-state index contributed by atoms with van der Waals surface area (Å²) in [7, 11) is 0. The van der Waals surface area contributed by atoms with E-state index >= 15 is 0 Å². The molecule has 0 bridgehead atoms. The van der Waals surface area contributed by atoms with E-state index in [1.54, 1.807) is 0 Å². The van der Waals surface area contributed by atoms with Gasteiger partial charge in [-0.2, -0.15) is 0 Å². The van der Waals surface area contributed by atoms with Gasteiger partial charge in [0.25, 0.3) is 0 Å². The van der Waals surface area contributed by atoms with Crippen molar-refractivity contribution in [3.8, 4) is 0 Å². The van der Waals surface area contributed by atoms with E-state index in [-0.39, 0.29) is 6.10 Å². The minimum Gasteiger partial charge on any atom is -0.446 e. The fourth-order valence-electron chi connectivity index (χ4n) is 0.974. The van der Waals surface area contributed by atoms with Crippen LogP contribution >= 0.6 is 0 Å². The first kappa shape index (κ1) is 11.6. The molecule has 15 heavy (non-hydrogen) atoms. The van der Waals surface area contributed by atoms with Crippen molar-refractivity contribution in [3.05, 3.63) is 30.3 Å². The molecule has 0 aliphatic heterocycles. The summed E-state index contributed by atoms with van der Waals surface area (Å²) < 4.78 is 5.17. The number of nitrogens with one attached hydrogen (secondary N) is 1. The van der Waals surface area contributed by atoms with Gasteiger partial charge >= 0.3 is 6.09 Å². The van der Waals surface area contributed by atoms with Gasteiger partial charge in [-0.15, -0.1) is 0 Å². The fourth-order valence-corrected chi connectivity index (χ4v) is 0.974. The van der Waals surface area contributed by atoms with Gasteiger partial charge in [0, 0.05) is 5.69 Å². The number of carbonyl (C=O) groups excluding carboxylic acids is 1. The Kier molecular flexibility index (Phi) is 4.16. The number of hydrogen-bond donors (Lipinski definition) is 1. The minimum absolute atomic E-state index is 0.0753. The number of benzene rings is 1. The highest BCUT2D eigenvalue weighted by molar-refractivity contribution is 5.84. The van der Waals surface area contributed by atoms with Crippen LogP contribution in [0, 0.1) is 5.92 Å². The van der Waals surface area contributed by atoms with E-state index in [4.69, 9.17) is 4.74 Å². The second-order valence-corrected chi connectivity index (χ2v) is 3.85. The minimum atomic E-state index is -0.401. The van der Waals surface area contributed by atoms with Crippen molar-refractivity contribution in [1.82, 2.24) is 0 Å². The molecule has 1 atom stereocenters. The third-order valence-corrected chi connectivity index (χ3v) is 2.25. The Morgan fingerprint density at radius 3 is 2.33 bits per heavy atom. The van der Waals surface area contributed by atoms with Gasteiger partial charge < -0.3 is 4.74 Å². The molecular formula is C12H17NO2. The molecule has 3 nitrogen and oxygen atoms in total. The highest BCUT2D eigenvalue weighted by Crippen LogP contribution is 2.09. The number of para-hydroxylation sites is 1. The SMILES string of the molecule is CC(C)C(C)OC(=O)Nc1ccccc1. The Balaban J connectivity index is 2.43. The van der Waals surface area contributed by atoms with E-state index in [0.717, 1.165) is 5.69 Å². The lowest BCUT2D eigenvalue weighted by molar-refractivity contribution is 0.0940. The van der Waals surface area contributed by atoms with Crippen LogP contribution in [-0.2, 0) is 4.74 Å². The standard InChI is InChI=1S/C12H17NO2/c1-9(2)10(3)15-12(14)13-11-7-5-4-6-8-11/h4-10H,1-3H3,(H,13,14). The summed E-state index contributed by atoms with van der Waals surface area (Å²) >= 11 is 0. The van der Waals surface area contributed by atoms with Crippen LogP contribution in [0.3, 0.4) is 0 Å². The predicted molar refractivity (Wildman–Crippen MR) is 60.8 cm³/mol. The quantitative estimate of drug-likeness (QED) is 0.826. The lowest BCUT2D eigenvalue weighted by atomic mass is 10.1. The van der Waals surface area contributed by atoms with Gasteiger partial charge in [-0.3, -0.25) is 5.32 Å². The lowest BCUT2D eigenvalue weighted by Gasteiger charge is -2.16. The summed E-state index contributed by atoms with van der Waals surface area (Å²) in [5.41, 5.74) is 0.749. The van der Waals surface area contributed by atoms with Gasteiger partial charge in [-0.05, 0) is 25.0 Å². The van der Waals surface area contributed by atoms with E-state index in [2.05, 4.69) is 5.32 Å². The number of ether oxygens (including phenoxy) is 1. The van der Waals surface area contributed by atoms with Crippen LogP contribution in [0.4, 0.5) is 10.5 Å². The maximum absolute atomic E-state index is 11.4. The summed E-state index contributed by atoms with van der Waals surface area (Å²) in [6.45, 7) is 5.91. The van der Waals surface area contributed by atoms with E-state index in [9.17, 15) is 4.79 Å². The van der Waals surface area contributed by atoms with E-state index in [1.807, 2.05) is 51.1 Å². The normalized spacial score (nSPS) is 12.3. The summed E-state index contributed by atoms with van der Waals surface area (Å²) in [5, 5.41) is 2.67. The van der Waals surface area contributed by atoms with Crippen LogP contribution in [0.2, 0.25) is 0 Å². The van der Waals surface area contributed by atoms with Crippen molar-refractivity contribution in [1.29, 1.82) is 0 Å². The third-order valence-electron chi connectivity index (χ3n) is 2.25. The molecule has 0 fully saturated rings. The molecule has 0 saturated carbocycles. The first-order chi connectivity index (χ1) is 7.09. The van der Waals surface area contributed by atoms with Gasteiger partial charge in [-0.25, -0.2) is 4.79 Å². The van der Waals surface area contributed by atoms with Crippen molar-refractivity contribution in [3.63, 3.8) is 0 Å². The van der Waals surface area contributed by atoms with Crippen molar-refractivity contribution in [2.75, 3.05) is 5.32 Å². The topological polar surface area (TPSA) is 38.3 Å². The average Bonchev–Trinajstić information content (AvgIpc) is 2.18. The third kappa shape index (κ3) is 4.02. The van der Waals surface area contributed by atoms with E-state index < -0.39 is 6.09 Å². The molecular weight excluding hydrogens is 190 g/mol. The fraction of sp³-hybridized carbons (Fsp3) is 0.417. The highest BCUT2D eigenvalue weighted by atomic mass is 16.6. The molecule has 82 valence electrons. The summed E-state index contributed by atoms with van der Waals surface area (Å²) in [4.78, 5) is 11.4. The summed E-state index contributed by atoms with van der Waals surface area (Å²) in [6, 6.07) is 9.26. The van der Waals surface area contributed by atoms with Gasteiger partial charge in [0.1, 0.15) is 6.10 Å². The van der Waals surface area contributed by atoms with Gasteiger partial charge in [0.2, 0.25) is 0 Å². The number of anilines is 1. The molecule has 0 aliphatic carbocycles. The summed E-state index contributed by atoms with van der Waals surface area (Å²) in [6.07, 6.45) is -0.476. The zero-order chi connectivity index (χ0) is 11.3. The molecule has 3 heteroatoms. The molecule has 1 aromatic rings. The largest absolute Gasteiger partial charge is 0.446 e. The first-order valence-electron chi connectivity index (χ1n) is 5.12. The van der Waals surface area contributed by atoms with Crippen molar-refractivity contribution in [2.45, 2.75) is 26.9 Å². The van der Waals surface area contributed by atoms with Gasteiger partial charge in [0.15, 0.2) is 0 Å². The molecule has 1 amide bonds. The second kappa shape index (κ2) is 5.39. The number of rotatable bonds is 3. The lowest BCUT2D eigenvalue weighted by Crippen LogP contribution is -2.23.